The number of nitrogens with zero attached hydrogens (tertiary/aromatic N) is 2. The van der Waals surface area contributed by atoms with Crippen molar-refractivity contribution in [2.75, 3.05) is 37.1 Å². The number of ether oxygens (including phenoxy) is 3. The van der Waals surface area contributed by atoms with Crippen LogP contribution in [0.1, 0.15) is 25.8 Å². The zero-order valence-corrected chi connectivity index (χ0v) is 20.7. The van der Waals surface area contributed by atoms with E-state index in [9.17, 15) is 9.59 Å². The van der Waals surface area contributed by atoms with Crippen molar-refractivity contribution in [1.82, 2.24) is 4.98 Å². The lowest BCUT2D eigenvalue weighted by Gasteiger charge is -2.29. The minimum atomic E-state index is -0.294. The number of methoxy groups -OCH3 is 1. The molecule has 4 rings (SSSR count). The molecule has 0 radical (unpaired) electrons. The number of thiazole rings is 1. The maximum Gasteiger partial charge on any atom is 0.265 e. The van der Waals surface area contributed by atoms with Crippen LogP contribution in [0.2, 0.25) is 0 Å². The second kappa shape index (κ2) is 11.1. The molecule has 0 fully saturated rings. The third-order valence-corrected chi connectivity index (χ3v) is 6.05. The number of nitrogens with one attached hydrogen (secondary N) is 1. The molecule has 0 unspecified atom stereocenters. The van der Waals surface area contributed by atoms with E-state index in [0.717, 1.165) is 23.2 Å². The zero-order chi connectivity index (χ0) is 24.8. The third kappa shape index (κ3) is 5.63. The molecule has 0 atom stereocenters. The van der Waals surface area contributed by atoms with Crippen LogP contribution in [0.5, 0.6) is 17.2 Å². The highest BCUT2D eigenvalue weighted by molar-refractivity contribution is 7.14. The summed E-state index contributed by atoms with van der Waals surface area (Å²) in [6.45, 7) is 5.16. The molecule has 9 heteroatoms. The number of fused-ring (bicyclic) bond motifs is 1. The highest BCUT2D eigenvalue weighted by Crippen LogP contribution is 2.37. The molecule has 0 bridgehead atoms. The summed E-state index contributed by atoms with van der Waals surface area (Å²) in [5, 5.41) is 5.15. The lowest BCUT2D eigenvalue weighted by Crippen LogP contribution is -2.39. The van der Waals surface area contributed by atoms with E-state index in [1.165, 1.54) is 17.4 Å². The second-order valence-electron chi connectivity index (χ2n) is 7.72. The maximum absolute atomic E-state index is 12.5. The van der Waals surface area contributed by atoms with E-state index in [2.05, 4.69) is 10.3 Å². The number of carbonyl (C=O) groups excluding carboxylic acids is 2. The summed E-state index contributed by atoms with van der Waals surface area (Å²) >= 11 is 1.33. The summed E-state index contributed by atoms with van der Waals surface area (Å²) in [5.74, 6) is 1.59. The van der Waals surface area contributed by atoms with E-state index in [1.54, 1.807) is 18.1 Å². The third-order valence-electron chi connectivity index (χ3n) is 5.29. The molecule has 0 aliphatic carbocycles. The van der Waals surface area contributed by atoms with Crippen molar-refractivity contribution in [3.63, 3.8) is 0 Å². The molecule has 35 heavy (non-hydrogen) atoms. The van der Waals surface area contributed by atoms with Crippen LogP contribution in [0.15, 0.2) is 47.9 Å². The molecule has 8 nitrogen and oxygen atoms in total. The van der Waals surface area contributed by atoms with Crippen LogP contribution in [0.3, 0.4) is 0 Å². The van der Waals surface area contributed by atoms with Gasteiger partial charge in [0.2, 0.25) is 5.91 Å². The van der Waals surface area contributed by atoms with Gasteiger partial charge in [0.15, 0.2) is 23.2 Å². The molecule has 182 valence electrons. The molecule has 1 aromatic heterocycles. The first kappa shape index (κ1) is 24.3. The van der Waals surface area contributed by atoms with Crippen LogP contribution < -0.4 is 24.4 Å². The van der Waals surface area contributed by atoms with Gasteiger partial charge in [-0.25, -0.2) is 4.98 Å². The number of rotatable bonds is 9. The van der Waals surface area contributed by atoms with E-state index >= 15 is 0 Å². The predicted molar refractivity (Wildman–Crippen MR) is 138 cm³/mol. The summed E-state index contributed by atoms with van der Waals surface area (Å²) in [7, 11) is 1.58. The monoisotopic (exact) mass is 493 g/mol. The largest absolute Gasteiger partial charge is 0.493 e. The number of amides is 2. The van der Waals surface area contributed by atoms with Gasteiger partial charge in [-0.05, 0) is 55.3 Å². The van der Waals surface area contributed by atoms with E-state index in [-0.39, 0.29) is 18.4 Å². The highest BCUT2D eigenvalue weighted by Gasteiger charge is 2.25. The average Bonchev–Trinajstić information content (AvgIpc) is 3.33. The first-order valence-corrected chi connectivity index (χ1v) is 12.2. The quantitative estimate of drug-likeness (QED) is 0.422. The molecule has 2 amide bonds. The van der Waals surface area contributed by atoms with Crippen molar-refractivity contribution in [2.24, 2.45) is 0 Å². The molecule has 2 heterocycles. The number of hydrogen-bond donors (Lipinski definition) is 1. The summed E-state index contributed by atoms with van der Waals surface area (Å²) in [5.41, 5.74) is 3.11. The lowest BCUT2D eigenvalue weighted by molar-refractivity contribution is -0.121. The van der Waals surface area contributed by atoms with Gasteiger partial charge in [0, 0.05) is 23.6 Å². The van der Waals surface area contributed by atoms with Gasteiger partial charge in [-0.1, -0.05) is 13.0 Å². The Morgan fingerprint density at radius 3 is 2.86 bits per heavy atom. The van der Waals surface area contributed by atoms with Crippen LogP contribution in [-0.2, 0) is 9.59 Å². The van der Waals surface area contributed by atoms with Crippen LogP contribution in [0.4, 0.5) is 10.8 Å². The molecular weight excluding hydrogens is 466 g/mol. The Bertz CT molecular complexity index is 1250. The van der Waals surface area contributed by atoms with Gasteiger partial charge in [0.05, 0.1) is 25.1 Å². The van der Waals surface area contributed by atoms with Crippen molar-refractivity contribution in [1.29, 1.82) is 0 Å². The fraction of sp³-hybridized carbons (Fsp3) is 0.269. The Morgan fingerprint density at radius 2 is 2.09 bits per heavy atom. The van der Waals surface area contributed by atoms with Gasteiger partial charge < -0.3 is 19.1 Å². The predicted octanol–water partition coefficient (Wildman–Crippen LogP) is 5.00. The topological polar surface area (TPSA) is 90.0 Å². The molecule has 1 aliphatic rings. The van der Waals surface area contributed by atoms with Crippen molar-refractivity contribution < 1.29 is 23.8 Å². The SMILES string of the molecule is CCCN1C(=O)COc2ccc(-c3csc(NC(=O)/C=C\c4ccc(OCC)c(OC)c4)n3)cc21. The molecule has 0 saturated heterocycles. The Morgan fingerprint density at radius 1 is 1.23 bits per heavy atom. The molecule has 3 aromatic rings. The molecule has 1 aliphatic heterocycles. The molecule has 0 spiro atoms. The number of hydrogen-bond acceptors (Lipinski definition) is 7. The van der Waals surface area contributed by atoms with Crippen molar-refractivity contribution in [3.8, 4) is 28.5 Å². The van der Waals surface area contributed by atoms with Gasteiger partial charge >= 0.3 is 0 Å². The van der Waals surface area contributed by atoms with Gasteiger partial charge in [-0.2, -0.15) is 0 Å². The van der Waals surface area contributed by atoms with Crippen molar-refractivity contribution in [3.05, 3.63) is 53.4 Å². The first-order valence-electron chi connectivity index (χ1n) is 11.3. The van der Waals surface area contributed by atoms with Gasteiger partial charge in [-0.3, -0.25) is 14.9 Å². The highest BCUT2D eigenvalue weighted by atomic mass is 32.1. The summed E-state index contributed by atoms with van der Waals surface area (Å²) in [6, 6.07) is 11.1. The first-order chi connectivity index (χ1) is 17.0. The standard InChI is InChI=1S/C26H27N3O5S/c1-4-12-29-20-14-18(8-10-21(20)34-15-25(29)31)19-16-35-26(27-19)28-24(30)11-7-17-6-9-22(33-5-2)23(13-17)32-3/h6-11,13-14,16H,4-5,12,15H2,1-3H3,(H,27,28,30)/b11-7-. The van der Waals surface area contributed by atoms with Crippen molar-refractivity contribution in [2.45, 2.75) is 20.3 Å². The van der Waals surface area contributed by atoms with Crippen LogP contribution >= 0.6 is 11.3 Å². The summed E-state index contributed by atoms with van der Waals surface area (Å²) < 4.78 is 16.4. The Labute approximate surface area is 208 Å². The summed E-state index contributed by atoms with van der Waals surface area (Å²) in [4.78, 5) is 31.0. The molecule has 1 N–H and O–H groups in total. The molecular formula is C26H27N3O5S. The minimum Gasteiger partial charge on any atom is -0.493 e. The smallest absolute Gasteiger partial charge is 0.265 e. The van der Waals surface area contributed by atoms with Crippen molar-refractivity contribution >= 4 is 40.0 Å². The van der Waals surface area contributed by atoms with E-state index < -0.39 is 0 Å². The van der Waals surface area contributed by atoms with Crippen LogP contribution in [0.25, 0.3) is 17.3 Å². The van der Waals surface area contributed by atoms with Gasteiger partial charge in [0.25, 0.3) is 5.91 Å². The number of aromatic nitrogens is 1. The maximum atomic E-state index is 12.5. The van der Waals surface area contributed by atoms with E-state index in [4.69, 9.17) is 14.2 Å². The van der Waals surface area contributed by atoms with E-state index in [1.807, 2.05) is 55.6 Å². The Kier molecular flexibility index (Phi) is 7.67. The summed E-state index contributed by atoms with van der Waals surface area (Å²) in [6.07, 6.45) is 3.99. The normalized spacial score (nSPS) is 12.9. The molecule has 0 saturated carbocycles. The minimum absolute atomic E-state index is 0.0518. The molecule has 2 aromatic carbocycles. The zero-order valence-electron chi connectivity index (χ0n) is 19.9. The van der Waals surface area contributed by atoms with Crippen LogP contribution in [-0.4, -0.2) is 43.7 Å². The Hall–Kier alpha value is -3.85. The number of carbonyl (C=O) groups is 2. The van der Waals surface area contributed by atoms with E-state index in [0.29, 0.717) is 41.2 Å². The fourth-order valence-electron chi connectivity index (χ4n) is 3.68. The Balaban J connectivity index is 1.45. The van der Waals surface area contributed by atoms with Crippen LogP contribution in [0, 0.1) is 0 Å². The lowest BCUT2D eigenvalue weighted by atomic mass is 10.1. The number of benzene rings is 2. The fourth-order valence-corrected chi connectivity index (χ4v) is 4.40. The average molecular weight is 494 g/mol. The van der Waals surface area contributed by atoms with Gasteiger partial charge in [0.1, 0.15) is 5.75 Å². The number of anilines is 2. The second-order valence-corrected chi connectivity index (χ2v) is 8.58. The van der Waals surface area contributed by atoms with Gasteiger partial charge in [-0.15, -0.1) is 11.3 Å².